The van der Waals surface area contributed by atoms with E-state index in [0.29, 0.717) is 130 Å². The summed E-state index contributed by atoms with van der Waals surface area (Å²) in [5.74, 6) is 1.78. The lowest BCUT2D eigenvalue weighted by Crippen LogP contribution is -2.45. The lowest BCUT2D eigenvalue weighted by atomic mass is 10.0. The van der Waals surface area contributed by atoms with Crippen LogP contribution in [0.2, 0.25) is 0 Å². The van der Waals surface area contributed by atoms with Crippen LogP contribution in [0.15, 0.2) is 140 Å². The summed E-state index contributed by atoms with van der Waals surface area (Å²) in [6, 6.07) is 42.4. The van der Waals surface area contributed by atoms with Crippen LogP contribution in [0.1, 0.15) is 315 Å². The van der Waals surface area contributed by atoms with E-state index in [4.69, 9.17) is 58.5 Å². The summed E-state index contributed by atoms with van der Waals surface area (Å²) in [5.41, 5.74) is 8.28. The first-order chi connectivity index (χ1) is 63.4. The van der Waals surface area contributed by atoms with Gasteiger partial charge >= 0.3 is 48.1 Å². The molecule has 19 rings (SSSR count). The number of benzene rings is 4. The van der Waals surface area contributed by atoms with Crippen LogP contribution in [0.5, 0.6) is 0 Å². The maximum absolute atomic E-state index is 13.3. The van der Waals surface area contributed by atoms with Gasteiger partial charge in [0.1, 0.15) is 22.6 Å². The summed E-state index contributed by atoms with van der Waals surface area (Å²) >= 11 is 0. The fraction of sp³-hybridized carbons (Fsp3) is 0.614. The normalized spacial score (nSPS) is 27.5. The number of carboxylic acids is 3. The second-order valence-corrected chi connectivity index (χ2v) is 42.4. The van der Waals surface area contributed by atoms with Crippen LogP contribution in [0.25, 0.3) is 0 Å². The quantitative estimate of drug-likeness (QED) is 0.00662. The second-order valence-electron chi connectivity index (χ2n) is 42.4. The van der Waals surface area contributed by atoms with Crippen molar-refractivity contribution in [3.05, 3.63) is 179 Å². The number of ether oxygens (including phenoxy) is 5. The fourth-order valence-electron chi connectivity index (χ4n) is 19.9. The Morgan fingerprint density at radius 2 is 0.707 bits per heavy atom. The van der Waals surface area contributed by atoms with Crippen molar-refractivity contribution in [2.75, 3.05) is 40.4 Å². The molecule has 0 bridgehead atoms. The molecule has 0 radical (unpaired) electrons. The number of oxime groups is 1. The van der Waals surface area contributed by atoms with E-state index in [2.05, 4.69) is 102 Å². The third-order valence-corrected chi connectivity index (χ3v) is 28.9. The van der Waals surface area contributed by atoms with Gasteiger partial charge in [-0.1, -0.05) is 142 Å². The lowest BCUT2D eigenvalue weighted by molar-refractivity contribution is -0.146. The molecule has 4 aromatic carbocycles. The Morgan fingerprint density at radius 3 is 1.02 bits per heavy atom. The molecule has 133 heavy (non-hydrogen) atoms. The van der Waals surface area contributed by atoms with Gasteiger partial charge in [0.2, 0.25) is 17.7 Å². The smallest absolute Gasteiger partial charge is 0.410 e. The van der Waals surface area contributed by atoms with E-state index in [0.717, 1.165) is 109 Å². The van der Waals surface area contributed by atoms with Gasteiger partial charge < -0.3 is 83.5 Å². The van der Waals surface area contributed by atoms with E-state index >= 15 is 0 Å². The number of hydrogen-bond donors (Lipinski definition) is 6. The van der Waals surface area contributed by atoms with E-state index in [1.807, 2.05) is 127 Å². The van der Waals surface area contributed by atoms with Gasteiger partial charge in [0.25, 0.3) is 0 Å². The molecule has 12 saturated carbocycles. The Balaban J connectivity index is 0.000000131. The molecule has 12 aliphatic carbocycles. The first kappa shape index (κ1) is 96.3. The highest BCUT2D eigenvalue weighted by Crippen LogP contribution is 2.57. The largest absolute Gasteiger partial charge is 0.481 e. The average molecular weight is 1830 g/mol. The topological polar surface area (TPSA) is 441 Å². The summed E-state index contributed by atoms with van der Waals surface area (Å²) in [4.78, 5) is 115. The van der Waals surface area contributed by atoms with E-state index < -0.39 is 40.1 Å². The molecule has 16 atom stereocenters. The van der Waals surface area contributed by atoms with Crippen LogP contribution in [0, 0.1) is 35.0 Å². The van der Waals surface area contributed by atoms with Gasteiger partial charge in [-0.05, 0) is 239 Å². The Bertz CT molecular complexity index is 5240. The summed E-state index contributed by atoms with van der Waals surface area (Å²) in [6.45, 7) is 19.3. The first-order valence-corrected chi connectivity index (χ1v) is 47.7. The standard InChI is InChI=1S/C27H35N3O5.C26H33N3O5.C21H25N3O3.C19H27N3O3.C8H12O4/c1-26(2,3)34-25(32)30(21-15-20(21)17-8-6-5-7-9-17)16-27(12-13-27)24-28-22(35-29-24)18-10-11-19(14-18)23(31)33-4;1-25(2,3)33-24(32)29(20-14-19(20)16-7-5-4-6-8-16)15-26(11-12-26)23-27-21(34-28-23)17-9-10-18(13-17)22(30)31;25-19(26)15-7-6-14(10-15)18-23-20(24-27-18)21(8-9-21)12-22-17-11-16(17)13-4-2-1-3-5-13;1-18(2,3)25-17(23)22(12-19(9-10-19)16(20)21-24)15-11-14(15)13-7-5-4-6-8-13;1-12-8(11)6-3-2-5(4-6)7(9)10/h5-9,18-21H,10-16H2,1-4H3;4-8,17-20H,9-15H2,1-3H3,(H,30,31);1-5,14-17,22H,6-12H2,(H,25,26);4-8,14-15,24H,9-12H2,1-3H3,(H2,20,21);5-6H,2-4H2,1H3,(H,9,10)/t18-,19+,20?,21-;17-,18+,19?,20-;14-,15+,16?,17-;14?,15-;5-,6+/m00000/s1. The SMILES string of the molecule is CC(C)(C)OC(=O)N(CC1(C(N)=NO)CC1)[C@H]1CC1c1ccccc1.CC(C)(C)OC(=O)N(CC1(c2noc([C@H]3CC[C@@H](C(=O)O)C3)n2)CC1)[C@H]1CC1c1ccccc1.COC(=O)[C@@H]1CC[C@H](C(=O)O)C1.COC(=O)[C@@H]1CC[C@H](c2nc(C3(CN(C(=O)OC(C)(C)C)[C@H]4CC4c4ccccc4)CC3)no2)C1.O=C(O)[C@@H]1CC[C@H](c2nc(C3(CN[C@H]4CC4c4ccccc4)CC3)no2)C1. The van der Waals surface area contributed by atoms with Crippen molar-refractivity contribution in [1.82, 2.24) is 50.4 Å². The number of aromatic nitrogens is 6. The molecule has 3 amide bonds. The average Bonchev–Trinajstić information content (AvgIpc) is 1.58. The van der Waals surface area contributed by atoms with Crippen molar-refractivity contribution >= 4 is 54.0 Å². The summed E-state index contributed by atoms with van der Waals surface area (Å²) < 4.78 is 43.5. The van der Waals surface area contributed by atoms with E-state index in [1.54, 1.807) is 4.90 Å². The maximum atomic E-state index is 13.3. The van der Waals surface area contributed by atoms with E-state index in [1.165, 1.54) is 42.9 Å². The van der Waals surface area contributed by atoms with E-state index in [9.17, 15) is 48.6 Å². The summed E-state index contributed by atoms with van der Waals surface area (Å²) in [7, 11) is 2.76. The molecule has 3 aromatic heterocycles. The van der Waals surface area contributed by atoms with Crippen molar-refractivity contribution < 1.29 is 96.1 Å². The van der Waals surface area contributed by atoms with Crippen molar-refractivity contribution in [2.24, 2.45) is 45.9 Å². The monoisotopic (exact) mass is 1830 g/mol. The molecule has 3 heterocycles. The number of amidine groups is 1. The number of rotatable bonds is 28. The van der Waals surface area contributed by atoms with Crippen LogP contribution >= 0.6 is 0 Å². The molecule has 0 spiro atoms. The minimum absolute atomic E-state index is 0.00833. The molecule has 0 saturated heterocycles. The van der Waals surface area contributed by atoms with Gasteiger partial charge in [-0.25, -0.2) is 14.4 Å². The van der Waals surface area contributed by atoms with Crippen LogP contribution < -0.4 is 11.1 Å². The fourth-order valence-corrected chi connectivity index (χ4v) is 19.9. The third kappa shape index (κ3) is 24.1. The molecule has 0 aliphatic heterocycles. The number of nitrogens with zero attached hydrogens (tertiary/aromatic N) is 10. The zero-order valence-corrected chi connectivity index (χ0v) is 78.5. The van der Waals surface area contributed by atoms with Crippen LogP contribution in [-0.2, 0) is 63.9 Å². The zero-order valence-electron chi connectivity index (χ0n) is 78.5. The highest BCUT2D eigenvalue weighted by atomic mass is 16.6. The number of esters is 2. The molecular formula is C101H132N12O20. The number of carboxylic acid groups (broad SMARTS) is 3. The van der Waals surface area contributed by atoms with Gasteiger partial charge in [0.15, 0.2) is 17.5 Å². The van der Waals surface area contributed by atoms with Crippen molar-refractivity contribution in [2.45, 2.75) is 315 Å². The van der Waals surface area contributed by atoms with Crippen molar-refractivity contribution in [3.8, 4) is 0 Å². The lowest BCUT2D eigenvalue weighted by Gasteiger charge is -2.30. The Kier molecular flexibility index (Phi) is 28.7. The van der Waals surface area contributed by atoms with Gasteiger partial charge in [0.05, 0.1) is 54.6 Å². The Morgan fingerprint density at radius 1 is 0.406 bits per heavy atom. The molecule has 7 N–H and O–H groups in total. The number of nitrogens with two attached hydrogens (primary N) is 1. The molecule has 4 unspecified atom stereocenters. The van der Waals surface area contributed by atoms with E-state index in [-0.39, 0.29) is 118 Å². The zero-order chi connectivity index (χ0) is 94.7. The highest BCUT2D eigenvalue weighted by Gasteiger charge is 2.60. The molecule has 12 aliphatic rings. The number of carbonyl (C=O) groups excluding carboxylic acids is 5. The van der Waals surface area contributed by atoms with Crippen molar-refractivity contribution in [3.63, 3.8) is 0 Å². The number of carbonyl (C=O) groups is 8. The maximum Gasteiger partial charge on any atom is 0.410 e. The van der Waals surface area contributed by atoms with Gasteiger partial charge in [0, 0.05) is 103 Å². The predicted octanol–water partition coefficient (Wildman–Crippen LogP) is 17.0. The molecule has 12 fully saturated rings. The second kappa shape index (κ2) is 39.7. The van der Waals surface area contributed by atoms with Gasteiger partial charge in [-0.3, -0.25) is 24.0 Å². The molecule has 32 nitrogen and oxygen atoms in total. The summed E-state index contributed by atoms with van der Waals surface area (Å²) in [5, 5.41) is 56.0. The van der Waals surface area contributed by atoms with Crippen molar-refractivity contribution in [1.29, 1.82) is 0 Å². The molecular weight excluding hydrogens is 1700 g/mol. The number of hydrogen-bond acceptors (Lipinski definition) is 25. The number of amides is 3. The highest BCUT2D eigenvalue weighted by molar-refractivity contribution is 5.89. The molecule has 32 heteroatoms. The van der Waals surface area contributed by atoms with Crippen LogP contribution in [-0.4, -0.2) is 201 Å². The van der Waals surface area contributed by atoms with Crippen LogP contribution in [0.4, 0.5) is 14.4 Å². The van der Waals surface area contributed by atoms with Gasteiger partial charge in [-0.15, -0.1) is 0 Å². The van der Waals surface area contributed by atoms with Crippen LogP contribution in [0.3, 0.4) is 0 Å². The molecule has 7 aromatic rings. The molecule has 716 valence electrons. The Hall–Kier alpha value is -11.3. The number of aliphatic carboxylic acids is 3. The number of methoxy groups -OCH3 is 2. The predicted molar refractivity (Wildman–Crippen MR) is 486 cm³/mol. The first-order valence-electron chi connectivity index (χ1n) is 47.7. The Labute approximate surface area is 776 Å². The number of nitrogens with one attached hydrogen (secondary N) is 1. The minimum Gasteiger partial charge on any atom is -0.481 e. The minimum atomic E-state index is -0.804. The van der Waals surface area contributed by atoms with Gasteiger partial charge in [-0.2, -0.15) is 15.0 Å². The summed E-state index contributed by atoms with van der Waals surface area (Å²) in [6.07, 6.45) is 18.4. The third-order valence-electron chi connectivity index (χ3n) is 28.9.